The van der Waals surface area contributed by atoms with Crippen molar-refractivity contribution in [1.29, 1.82) is 0 Å². The van der Waals surface area contributed by atoms with Gasteiger partial charge in [-0.2, -0.15) is 0 Å². The zero-order chi connectivity index (χ0) is 14.7. The second-order valence-corrected chi connectivity index (χ2v) is 5.67. The quantitative estimate of drug-likeness (QED) is 0.794. The van der Waals surface area contributed by atoms with Crippen LogP contribution < -0.4 is 15.5 Å². The molecule has 0 aliphatic carbocycles. The van der Waals surface area contributed by atoms with E-state index in [9.17, 15) is 0 Å². The molecule has 0 unspecified atom stereocenters. The number of nitrogens with one attached hydrogen (secondary N) is 1. The summed E-state index contributed by atoms with van der Waals surface area (Å²) in [7, 11) is 0. The Kier molecular flexibility index (Phi) is 3.88. The Balaban J connectivity index is 2.02. The number of hydrogen-bond acceptors (Lipinski definition) is 3. The molecular formula is C17H17N2OS+. The van der Waals surface area contributed by atoms with E-state index in [1.807, 2.05) is 37.3 Å². The highest BCUT2D eigenvalue weighted by Gasteiger charge is 2.17. The summed E-state index contributed by atoms with van der Waals surface area (Å²) in [5.41, 5.74) is 9.29. The Morgan fingerprint density at radius 1 is 1.00 bits per heavy atom. The molecule has 3 rings (SSSR count). The molecule has 0 radical (unpaired) electrons. The number of nitrogen functional groups attached to an aromatic ring is 1. The van der Waals surface area contributed by atoms with Crippen molar-refractivity contribution in [2.45, 2.75) is 6.92 Å². The number of aromatic amines is 1. The molecule has 0 atom stereocenters. The van der Waals surface area contributed by atoms with E-state index in [0.29, 0.717) is 11.7 Å². The minimum atomic E-state index is 0.673. The monoisotopic (exact) mass is 297 g/mol. The van der Waals surface area contributed by atoms with E-state index < -0.39 is 0 Å². The van der Waals surface area contributed by atoms with E-state index in [-0.39, 0.29) is 0 Å². The molecule has 2 aromatic carbocycles. The maximum Gasteiger partial charge on any atom is 0.330 e. The van der Waals surface area contributed by atoms with Crippen LogP contribution >= 0.6 is 11.3 Å². The van der Waals surface area contributed by atoms with Crippen LogP contribution in [0.5, 0.6) is 5.75 Å². The summed E-state index contributed by atoms with van der Waals surface area (Å²) >= 11 is 1.57. The van der Waals surface area contributed by atoms with Crippen molar-refractivity contribution in [3.8, 4) is 27.4 Å². The van der Waals surface area contributed by atoms with E-state index in [4.69, 9.17) is 10.5 Å². The third kappa shape index (κ3) is 2.90. The van der Waals surface area contributed by atoms with Gasteiger partial charge in [0.25, 0.3) is 0 Å². The van der Waals surface area contributed by atoms with Crippen LogP contribution in [-0.2, 0) is 0 Å². The van der Waals surface area contributed by atoms with Gasteiger partial charge in [0.15, 0.2) is 5.69 Å². The van der Waals surface area contributed by atoms with Gasteiger partial charge in [-0.1, -0.05) is 30.3 Å². The molecule has 0 spiro atoms. The van der Waals surface area contributed by atoms with Gasteiger partial charge in [0.2, 0.25) is 0 Å². The molecule has 1 aromatic heterocycles. The number of thiazole rings is 1. The van der Waals surface area contributed by atoms with Gasteiger partial charge < -0.3 is 4.74 Å². The largest absolute Gasteiger partial charge is 0.494 e. The van der Waals surface area contributed by atoms with Gasteiger partial charge in [-0.15, -0.1) is 0 Å². The molecule has 0 amide bonds. The molecule has 4 heteroatoms. The van der Waals surface area contributed by atoms with E-state index in [0.717, 1.165) is 21.9 Å². The first kappa shape index (κ1) is 13.6. The molecule has 0 saturated carbocycles. The van der Waals surface area contributed by atoms with Gasteiger partial charge in [0, 0.05) is 5.56 Å². The predicted molar refractivity (Wildman–Crippen MR) is 87.3 cm³/mol. The fourth-order valence-corrected chi connectivity index (χ4v) is 3.14. The number of H-pyrrole nitrogens is 1. The fraction of sp³-hybridized carbons (Fsp3) is 0.118. The van der Waals surface area contributed by atoms with Crippen molar-refractivity contribution < 1.29 is 9.72 Å². The maximum absolute atomic E-state index is 5.97. The van der Waals surface area contributed by atoms with Crippen LogP contribution in [0, 0.1) is 0 Å². The first-order valence-corrected chi connectivity index (χ1v) is 7.70. The molecule has 0 aliphatic rings. The zero-order valence-corrected chi connectivity index (χ0v) is 12.6. The lowest BCUT2D eigenvalue weighted by Gasteiger charge is -2.04. The Bertz CT molecular complexity index is 720. The number of ether oxygens (including phenoxy) is 1. The summed E-state index contributed by atoms with van der Waals surface area (Å²) < 4.78 is 5.48. The lowest BCUT2D eigenvalue weighted by Crippen LogP contribution is -2.07. The minimum Gasteiger partial charge on any atom is -0.494 e. The number of anilines is 1. The molecular weight excluding hydrogens is 280 g/mol. The van der Waals surface area contributed by atoms with Crippen molar-refractivity contribution in [2.75, 3.05) is 12.3 Å². The van der Waals surface area contributed by atoms with Gasteiger partial charge in [-0.3, -0.25) is 5.73 Å². The van der Waals surface area contributed by atoms with Gasteiger partial charge in [0.05, 0.1) is 11.5 Å². The summed E-state index contributed by atoms with van der Waals surface area (Å²) in [6.45, 7) is 2.65. The Morgan fingerprint density at radius 3 is 2.38 bits per heavy atom. The average Bonchev–Trinajstić information content (AvgIpc) is 2.91. The zero-order valence-electron chi connectivity index (χ0n) is 11.8. The predicted octanol–water partition coefficient (Wildman–Crippen LogP) is 3.88. The molecule has 0 bridgehead atoms. The van der Waals surface area contributed by atoms with Crippen LogP contribution in [0.1, 0.15) is 6.92 Å². The topological polar surface area (TPSA) is 49.4 Å². The van der Waals surface area contributed by atoms with Crippen LogP contribution in [0.2, 0.25) is 0 Å². The average molecular weight is 297 g/mol. The molecule has 0 saturated heterocycles. The summed E-state index contributed by atoms with van der Waals surface area (Å²) in [6, 6.07) is 18.3. The lowest BCUT2D eigenvalue weighted by atomic mass is 10.1. The van der Waals surface area contributed by atoms with Crippen LogP contribution in [0.15, 0.2) is 54.6 Å². The Morgan fingerprint density at radius 2 is 1.71 bits per heavy atom. The number of aromatic nitrogens is 1. The molecule has 3 N–H and O–H groups in total. The van der Waals surface area contributed by atoms with Crippen molar-refractivity contribution in [3.05, 3.63) is 54.6 Å². The van der Waals surface area contributed by atoms with E-state index in [1.165, 1.54) is 5.56 Å². The second-order valence-electron chi connectivity index (χ2n) is 4.62. The number of hydrogen-bond donors (Lipinski definition) is 1. The molecule has 106 valence electrons. The highest BCUT2D eigenvalue weighted by molar-refractivity contribution is 7.18. The van der Waals surface area contributed by atoms with Gasteiger partial charge in [-0.25, -0.2) is 4.98 Å². The van der Waals surface area contributed by atoms with Crippen molar-refractivity contribution >= 4 is 16.5 Å². The molecule has 1 heterocycles. The first-order valence-electron chi connectivity index (χ1n) is 6.88. The molecule has 3 aromatic rings. The summed E-state index contributed by atoms with van der Waals surface area (Å²) in [6.07, 6.45) is 0. The Hall–Kier alpha value is -2.33. The van der Waals surface area contributed by atoms with Gasteiger partial charge in [-0.05, 0) is 48.1 Å². The lowest BCUT2D eigenvalue weighted by molar-refractivity contribution is -0.340. The SMILES string of the molecule is CCOc1ccc(-c2[nH+]c(N)sc2-c2ccccc2)cc1. The van der Waals surface area contributed by atoms with Crippen LogP contribution in [-0.4, -0.2) is 6.61 Å². The third-order valence-electron chi connectivity index (χ3n) is 3.18. The standard InChI is InChI=1S/C17H16N2OS/c1-2-20-14-10-8-12(9-11-14)15-16(21-17(18)19-15)13-6-4-3-5-7-13/h3-11H,2H2,1H3,(H2,18,19)/p+1. The number of benzene rings is 2. The number of nitrogens with two attached hydrogens (primary N) is 1. The normalized spacial score (nSPS) is 10.5. The molecule has 21 heavy (non-hydrogen) atoms. The minimum absolute atomic E-state index is 0.673. The van der Waals surface area contributed by atoms with Crippen LogP contribution in [0.25, 0.3) is 21.7 Å². The molecule has 0 aliphatic heterocycles. The van der Waals surface area contributed by atoms with E-state index >= 15 is 0 Å². The summed E-state index contributed by atoms with van der Waals surface area (Å²) in [5.74, 6) is 0.880. The highest BCUT2D eigenvalue weighted by atomic mass is 32.1. The van der Waals surface area contributed by atoms with Crippen LogP contribution in [0.4, 0.5) is 5.13 Å². The van der Waals surface area contributed by atoms with E-state index in [1.54, 1.807) is 11.3 Å². The summed E-state index contributed by atoms with van der Waals surface area (Å²) in [5, 5.41) is 0.706. The van der Waals surface area contributed by atoms with Crippen LogP contribution in [0.3, 0.4) is 0 Å². The second kappa shape index (κ2) is 5.97. The van der Waals surface area contributed by atoms with Crippen molar-refractivity contribution in [1.82, 2.24) is 0 Å². The van der Waals surface area contributed by atoms with Gasteiger partial charge in [0.1, 0.15) is 5.75 Å². The fourth-order valence-electron chi connectivity index (χ4n) is 2.25. The molecule has 0 fully saturated rings. The summed E-state index contributed by atoms with van der Waals surface area (Å²) in [4.78, 5) is 4.42. The third-order valence-corrected chi connectivity index (χ3v) is 4.14. The van der Waals surface area contributed by atoms with Gasteiger partial charge >= 0.3 is 5.13 Å². The van der Waals surface area contributed by atoms with Crippen molar-refractivity contribution in [3.63, 3.8) is 0 Å². The molecule has 3 nitrogen and oxygen atoms in total. The van der Waals surface area contributed by atoms with E-state index in [2.05, 4.69) is 29.2 Å². The number of rotatable bonds is 4. The first-order chi connectivity index (χ1) is 10.3. The van der Waals surface area contributed by atoms with Crippen molar-refractivity contribution in [2.24, 2.45) is 0 Å². The maximum atomic E-state index is 5.97. The Labute approximate surface area is 128 Å². The smallest absolute Gasteiger partial charge is 0.330 e. The highest BCUT2D eigenvalue weighted by Crippen LogP contribution is 2.35.